The topological polar surface area (TPSA) is 20.2 Å². The fraction of sp³-hybridized carbons (Fsp3) is 0.455. The summed E-state index contributed by atoms with van der Waals surface area (Å²) >= 11 is 0. The van der Waals surface area contributed by atoms with Crippen molar-refractivity contribution in [3.63, 3.8) is 0 Å². The first-order valence-corrected chi connectivity index (χ1v) is 8.44. The van der Waals surface area contributed by atoms with Gasteiger partial charge in [0, 0.05) is 11.5 Å². The molecule has 2 aromatic rings. The monoisotopic (exact) mass is 310 g/mol. The maximum Gasteiger partial charge on any atom is 0.122 e. The molecule has 0 radical (unpaired) electrons. The van der Waals surface area contributed by atoms with Crippen LogP contribution in [0.25, 0.3) is 0 Å². The molecular formula is C22H30O. The highest BCUT2D eigenvalue weighted by molar-refractivity contribution is 5.51. The highest BCUT2D eigenvalue weighted by Crippen LogP contribution is 2.38. The number of rotatable bonds is 2. The number of hydrogen-bond acceptors (Lipinski definition) is 1. The molecule has 0 fully saturated rings. The Morgan fingerprint density at radius 3 is 1.91 bits per heavy atom. The third kappa shape index (κ3) is 3.44. The Hall–Kier alpha value is -1.76. The van der Waals surface area contributed by atoms with E-state index in [9.17, 15) is 5.11 Å². The van der Waals surface area contributed by atoms with Gasteiger partial charge in [-0.05, 0) is 55.4 Å². The number of aryl methyl sites for hydroxylation is 3. The van der Waals surface area contributed by atoms with Gasteiger partial charge < -0.3 is 5.11 Å². The van der Waals surface area contributed by atoms with Gasteiger partial charge in [-0.3, -0.25) is 0 Å². The van der Waals surface area contributed by atoms with Crippen LogP contribution < -0.4 is 0 Å². The molecule has 124 valence electrons. The van der Waals surface area contributed by atoms with E-state index in [4.69, 9.17) is 0 Å². The molecule has 0 saturated heterocycles. The van der Waals surface area contributed by atoms with Crippen LogP contribution in [0.5, 0.6) is 5.75 Å². The van der Waals surface area contributed by atoms with Crippen molar-refractivity contribution in [3.8, 4) is 5.75 Å². The first-order valence-electron chi connectivity index (χ1n) is 8.44. The van der Waals surface area contributed by atoms with Crippen molar-refractivity contribution in [3.05, 3.63) is 63.2 Å². The fourth-order valence-corrected chi connectivity index (χ4v) is 3.61. The normalized spacial score (nSPS) is 13.2. The predicted molar refractivity (Wildman–Crippen MR) is 99.7 cm³/mol. The smallest absolute Gasteiger partial charge is 0.122 e. The summed E-state index contributed by atoms with van der Waals surface area (Å²) in [5.41, 5.74) is 8.63. The minimum absolute atomic E-state index is 0.120. The van der Waals surface area contributed by atoms with Gasteiger partial charge in [-0.1, -0.05) is 63.1 Å². The van der Waals surface area contributed by atoms with Crippen molar-refractivity contribution in [2.24, 2.45) is 0 Å². The standard InChI is InChI=1S/C22H30O/c1-13-9-15(3)21(23)19(11-13)16(4)18-10-14(2)12-20(17(18)5)22(6,7)8/h9-12,16,23H,1-8H3. The third-order valence-corrected chi connectivity index (χ3v) is 4.81. The van der Waals surface area contributed by atoms with Gasteiger partial charge in [-0.15, -0.1) is 0 Å². The second-order valence-corrected chi connectivity index (χ2v) is 8.02. The van der Waals surface area contributed by atoms with Gasteiger partial charge in [0.2, 0.25) is 0 Å². The van der Waals surface area contributed by atoms with Crippen LogP contribution in [0.3, 0.4) is 0 Å². The van der Waals surface area contributed by atoms with Crippen LogP contribution in [0.2, 0.25) is 0 Å². The summed E-state index contributed by atoms with van der Waals surface area (Å²) in [4.78, 5) is 0. The van der Waals surface area contributed by atoms with E-state index in [1.807, 2.05) is 13.0 Å². The molecule has 0 aromatic heterocycles. The molecule has 1 heteroatoms. The summed E-state index contributed by atoms with van der Waals surface area (Å²) in [7, 11) is 0. The zero-order valence-corrected chi connectivity index (χ0v) is 15.8. The lowest BCUT2D eigenvalue weighted by Crippen LogP contribution is -2.15. The maximum absolute atomic E-state index is 10.5. The molecule has 1 nitrogen and oxygen atoms in total. The SMILES string of the molecule is Cc1cc(C)c(O)c(C(C)c2cc(C)cc(C(C)(C)C)c2C)c1. The lowest BCUT2D eigenvalue weighted by Gasteiger charge is -2.27. The van der Waals surface area contributed by atoms with Crippen LogP contribution in [-0.2, 0) is 5.41 Å². The highest BCUT2D eigenvalue weighted by Gasteiger charge is 2.23. The fourth-order valence-electron chi connectivity index (χ4n) is 3.61. The molecule has 23 heavy (non-hydrogen) atoms. The Kier molecular flexibility index (Phi) is 4.61. The largest absolute Gasteiger partial charge is 0.507 e. The Bertz CT molecular complexity index is 733. The Morgan fingerprint density at radius 2 is 1.35 bits per heavy atom. The van der Waals surface area contributed by atoms with Gasteiger partial charge in [-0.25, -0.2) is 0 Å². The van der Waals surface area contributed by atoms with Crippen LogP contribution in [0.15, 0.2) is 24.3 Å². The van der Waals surface area contributed by atoms with Crippen LogP contribution in [0, 0.1) is 27.7 Å². The molecule has 1 atom stereocenters. The van der Waals surface area contributed by atoms with Crippen molar-refractivity contribution >= 4 is 0 Å². The zero-order valence-electron chi connectivity index (χ0n) is 15.8. The van der Waals surface area contributed by atoms with E-state index < -0.39 is 0 Å². The lowest BCUT2D eigenvalue weighted by atomic mass is 9.78. The highest BCUT2D eigenvalue weighted by atomic mass is 16.3. The summed E-state index contributed by atoms with van der Waals surface area (Å²) < 4.78 is 0. The van der Waals surface area contributed by atoms with Crippen molar-refractivity contribution in [2.75, 3.05) is 0 Å². The summed E-state index contributed by atoms with van der Waals surface area (Å²) in [5, 5.41) is 10.5. The molecule has 0 aliphatic carbocycles. The molecular weight excluding hydrogens is 280 g/mol. The first kappa shape index (κ1) is 17.6. The molecule has 1 unspecified atom stereocenters. The minimum Gasteiger partial charge on any atom is -0.507 e. The molecule has 2 aromatic carbocycles. The number of phenols is 1. The Balaban J connectivity index is 2.65. The van der Waals surface area contributed by atoms with Crippen molar-refractivity contribution in [1.82, 2.24) is 0 Å². The van der Waals surface area contributed by atoms with E-state index >= 15 is 0 Å². The van der Waals surface area contributed by atoms with Gasteiger partial charge in [0.15, 0.2) is 0 Å². The molecule has 0 aliphatic heterocycles. The first-order chi connectivity index (χ1) is 10.5. The van der Waals surface area contributed by atoms with Gasteiger partial charge in [0.05, 0.1) is 0 Å². The van der Waals surface area contributed by atoms with Crippen LogP contribution in [-0.4, -0.2) is 5.11 Å². The van der Waals surface area contributed by atoms with E-state index in [-0.39, 0.29) is 11.3 Å². The summed E-state index contributed by atoms with van der Waals surface area (Å²) in [5.74, 6) is 0.607. The number of hydrogen-bond donors (Lipinski definition) is 1. The van der Waals surface area contributed by atoms with Crippen molar-refractivity contribution < 1.29 is 5.11 Å². The lowest BCUT2D eigenvalue weighted by molar-refractivity contribution is 0.461. The quantitative estimate of drug-likeness (QED) is 0.713. The van der Waals surface area contributed by atoms with E-state index in [2.05, 4.69) is 66.7 Å². The predicted octanol–water partition coefficient (Wildman–Crippen LogP) is 6.08. The Labute approximate surface area is 141 Å². The average molecular weight is 310 g/mol. The average Bonchev–Trinajstić information content (AvgIpc) is 2.43. The van der Waals surface area contributed by atoms with E-state index in [0.29, 0.717) is 5.75 Å². The molecule has 0 heterocycles. The molecule has 0 amide bonds. The molecule has 2 rings (SSSR count). The third-order valence-electron chi connectivity index (χ3n) is 4.81. The second kappa shape index (κ2) is 6.03. The van der Waals surface area contributed by atoms with Gasteiger partial charge in [0.1, 0.15) is 5.75 Å². The van der Waals surface area contributed by atoms with E-state index in [0.717, 1.165) is 11.1 Å². The van der Waals surface area contributed by atoms with Crippen molar-refractivity contribution in [2.45, 2.75) is 66.7 Å². The van der Waals surface area contributed by atoms with Crippen LogP contribution in [0.4, 0.5) is 0 Å². The maximum atomic E-state index is 10.5. The molecule has 0 aliphatic rings. The van der Waals surface area contributed by atoms with Crippen molar-refractivity contribution in [1.29, 1.82) is 0 Å². The molecule has 0 saturated carbocycles. The number of aromatic hydroxyl groups is 1. The van der Waals surface area contributed by atoms with Crippen LogP contribution >= 0.6 is 0 Å². The van der Waals surface area contributed by atoms with Crippen LogP contribution in [0.1, 0.15) is 72.6 Å². The van der Waals surface area contributed by atoms with Gasteiger partial charge in [-0.2, -0.15) is 0 Å². The summed E-state index contributed by atoms with van der Waals surface area (Å²) in [6, 6.07) is 8.72. The van der Waals surface area contributed by atoms with Gasteiger partial charge in [0.25, 0.3) is 0 Å². The Morgan fingerprint density at radius 1 is 0.826 bits per heavy atom. The van der Waals surface area contributed by atoms with Gasteiger partial charge >= 0.3 is 0 Å². The molecule has 1 N–H and O–H groups in total. The van der Waals surface area contributed by atoms with E-state index in [1.54, 1.807) is 0 Å². The van der Waals surface area contributed by atoms with E-state index in [1.165, 1.54) is 27.8 Å². The number of phenolic OH excluding ortho intramolecular Hbond substituents is 1. The number of benzene rings is 2. The summed E-state index contributed by atoms with van der Waals surface area (Å²) in [6.45, 7) is 17.4. The zero-order chi connectivity index (χ0) is 17.5. The molecule has 0 spiro atoms. The minimum atomic E-state index is 0.120. The summed E-state index contributed by atoms with van der Waals surface area (Å²) in [6.07, 6.45) is 0. The molecule has 0 bridgehead atoms. The second-order valence-electron chi connectivity index (χ2n) is 8.02.